The molecule has 0 amide bonds. The van der Waals surface area contributed by atoms with E-state index in [2.05, 4.69) is 6.92 Å². The van der Waals surface area contributed by atoms with Crippen molar-refractivity contribution in [3.63, 3.8) is 0 Å². The molecule has 0 aromatic carbocycles. The molecule has 3 aliphatic heterocycles. The van der Waals surface area contributed by atoms with Crippen molar-refractivity contribution in [2.75, 3.05) is 0 Å². The first kappa shape index (κ1) is 30.3. The fraction of sp³-hybridized carbons (Fsp3) is 0.686. The van der Waals surface area contributed by atoms with Gasteiger partial charge < -0.3 is 14.2 Å². The number of carbonyl (C=O) groups is 3. The molecule has 0 N–H and O–H groups in total. The van der Waals surface area contributed by atoms with Gasteiger partial charge in [-0.05, 0) is 67.9 Å². The van der Waals surface area contributed by atoms with E-state index in [0.29, 0.717) is 44.9 Å². The lowest BCUT2D eigenvalue weighted by molar-refractivity contribution is -0.380. The van der Waals surface area contributed by atoms with Crippen LogP contribution in [0.2, 0.25) is 0 Å². The molecule has 224 valence electrons. The number of carbonyl (C=O) groups excluding carboxylic acids is 3. The van der Waals surface area contributed by atoms with Crippen molar-refractivity contribution >= 4 is 17.3 Å². The van der Waals surface area contributed by atoms with Gasteiger partial charge in [0.25, 0.3) is 0 Å². The summed E-state index contributed by atoms with van der Waals surface area (Å²) in [5, 5.41) is 0. The van der Waals surface area contributed by atoms with E-state index < -0.39 is 22.8 Å². The summed E-state index contributed by atoms with van der Waals surface area (Å²) in [5.74, 6) is -1.94. The third kappa shape index (κ3) is 7.44. The van der Waals surface area contributed by atoms with Crippen LogP contribution in [0.3, 0.4) is 0 Å². The Balaban J connectivity index is 1.18. The third-order valence-electron chi connectivity index (χ3n) is 9.63. The molecule has 0 aromatic rings. The summed E-state index contributed by atoms with van der Waals surface area (Å²) in [6.07, 6.45) is 31.5. The fourth-order valence-corrected chi connectivity index (χ4v) is 7.32. The molecule has 2 aliphatic carbocycles. The SMILES string of the molecule is CCCCCCCCCCCCCC(=O)C1CC2(CCC3(C=CC(=O)C=C3)O2)O[C@@]2(CCC3(C=CC(=O)C=C3)O2)C1. The standard InChI is InChI=1S/C35H48O6/c1-2-3-4-5-6-7-8-9-10-11-12-13-31(38)28-26-34(24-22-32(39-34)18-14-29(36)15-19-32)41-35(27-28)25-23-33(40-35)20-16-30(37)17-21-33/h14-21,28H,2-13,22-27H2,1H3/t28?,34-,35?/m0/s1. The van der Waals surface area contributed by atoms with Gasteiger partial charge in [0.15, 0.2) is 23.1 Å². The molecule has 0 saturated carbocycles. The van der Waals surface area contributed by atoms with Crippen LogP contribution in [0.15, 0.2) is 48.6 Å². The summed E-state index contributed by atoms with van der Waals surface area (Å²) < 4.78 is 20.1. The number of ether oxygens (including phenoxy) is 3. The molecule has 41 heavy (non-hydrogen) atoms. The average molecular weight is 565 g/mol. The second-order valence-electron chi connectivity index (χ2n) is 13.0. The van der Waals surface area contributed by atoms with E-state index in [9.17, 15) is 14.4 Å². The number of hydrogen-bond acceptors (Lipinski definition) is 6. The largest absolute Gasteiger partial charge is 0.335 e. The molecule has 3 atom stereocenters. The van der Waals surface area contributed by atoms with Crippen LogP contribution >= 0.6 is 0 Å². The van der Waals surface area contributed by atoms with Gasteiger partial charge in [-0.3, -0.25) is 14.4 Å². The van der Waals surface area contributed by atoms with Crippen molar-refractivity contribution in [2.45, 2.75) is 145 Å². The molecule has 3 heterocycles. The highest BCUT2D eigenvalue weighted by Crippen LogP contribution is 2.56. The summed E-state index contributed by atoms with van der Waals surface area (Å²) in [6.45, 7) is 2.26. The molecular formula is C35H48O6. The molecule has 5 aliphatic rings. The van der Waals surface area contributed by atoms with Crippen molar-refractivity contribution in [3.05, 3.63) is 48.6 Å². The normalized spacial score (nSPS) is 31.0. The Morgan fingerprint density at radius 1 is 0.634 bits per heavy atom. The molecule has 0 aromatic heterocycles. The van der Waals surface area contributed by atoms with E-state index in [1.54, 1.807) is 24.3 Å². The molecule has 3 fully saturated rings. The van der Waals surface area contributed by atoms with Crippen LogP contribution in [0.4, 0.5) is 0 Å². The zero-order valence-electron chi connectivity index (χ0n) is 24.9. The van der Waals surface area contributed by atoms with Gasteiger partial charge in [-0.1, -0.05) is 71.1 Å². The number of rotatable bonds is 13. The van der Waals surface area contributed by atoms with Gasteiger partial charge >= 0.3 is 0 Å². The van der Waals surface area contributed by atoms with Crippen molar-refractivity contribution in [3.8, 4) is 0 Å². The van der Waals surface area contributed by atoms with E-state index in [4.69, 9.17) is 14.2 Å². The smallest absolute Gasteiger partial charge is 0.178 e. The Bertz CT molecular complexity index is 1000. The summed E-state index contributed by atoms with van der Waals surface area (Å²) in [4.78, 5) is 37.2. The average Bonchev–Trinajstić information content (AvgIpc) is 3.47. The quantitative estimate of drug-likeness (QED) is 0.215. The van der Waals surface area contributed by atoms with Crippen LogP contribution in [0.25, 0.3) is 0 Å². The van der Waals surface area contributed by atoms with Crippen molar-refractivity contribution in [1.82, 2.24) is 0 Å². The van der Waals surface area contributed by atoms with Crippen LogP contribution in [0.5, 0.6) is 0 Å². The van der Waals surface area contributed by atoms with Gasteiger partial charge in [0.2, 0.25) is 0 Å². The Morgan fingerprint density at radius 2 is 1.05 bits per heavy atom. The van der Waals surface area contributed by atoms with Crippen LogP contribution in [-0.4, -0.2) is 40.1 Å². The number of allylic oxidation sites excluding steroid dienone is 4. The van der Waals surface area contributed by atoms with E-state index in [-0.39, 0.29) is 23.3 Å². The first-order chi connectivity index (χ1) is 19.8. The summed E-state index contributed by atoms with van der Waals surface area (Å²) >= 11 is 0. The zero-order chi connectivity index (χ0) is 28.8. The molecular weight excluding hydrogens is 516 g/mol. The van der Waals surface area contributed by atoms with E-state index in [0.717, 1.165) is 12.8 Å². The number of hydrogen-bond donors (Lipinski definition) is 0. The third-order valence-corrected chi connectivity index (χ3v) is 9.63. The number of unbranched alkanes of at least 4 members (excludes halogenated alkanes) is 10. The van der Waals surface area contributed by atoms with Gasteiger partial charge in [0.05, 0.1) is 0 Å². The molecule has 4 spiro atoms. The van der Waals surface area contributed by atoms with E-state index in [1.165, 1.54) is 57.8 Å². The lowest BCUT2D eigenvalue weighted by Crippen LogP contribution is -2.54. The summed E-state index contributed by atoms with van der Waals surface area (Å²) in [5.41, 5.74) is -1.38. The maximum absolute atomic E-state index is 13.6. The second-order valence-corrected chi connectivity index (χ2v) is 13.0. The van der Waals surface area contributed by atoms with Gasteiger partial charge in [-0.15, -0.1) is 0 Å². The van der Waals surface area contributed by atoms with Crippen molar-refractivity contribution in [2.24, 2.45) is 5.92 Å². The highest BCUT2D eigenvalue weighted by atomic mass is 16.8. The van der Waals surface area contributed by atoms with Crippen LogP contribution in [-0.2, 0) is 28.6 Å². The Labute approximate surface area is 245 Å². The highest BCUT2D eigenvalue weighted by Gasteiger charge is 2.61. The Kier molecular flexibility index (Phi) is 9.62. The molecule has 5 rings (SSSR count). The lowest BCUT2D eigenvalue weighted by Gasteiger charge is -2.48. The zero-order valence-corrected chi connectivity index (χ0v) is 24.9. The minimum atomic E-state index is -0.950. The molecule has 3 saturated heterocycles. The Hall–Kier alpha value is -2.15. The highest BCUT2D eigenvalue weighted by molar-refractivity contribution is 6.01. The molecule has 2 unspecified atom stereocenters. The molecule has 6 heteroatoms. The fourth-order valence-electron chi connectivity index (χ4n) is 7.32. The summed E-state index contributed by atoms with van der Waals surface area (Å²) in [6, 6.07) is 0. The second kappa shape index (κ2) is 13.0. The van der Waals surface area contributed by atoms with Crippen molar-refractivity contribution < 1.29 is 28.6 Å². The van der Waals surface area contributed by atoms with Gasteiger partial charge in [-0.2, -0.15) is 0 Å². The van der Waals surface area contributed by atoms with Gasteiger partial charge in [-0.25, -0.2) is 0 Å². The lowest BCUT2D eigenvalue weighted by atomic mass is 9.81. The first-order valence-corrected chi connectivity index (χ1v) is 16.3. The Morgan fingerprint density at radius 3 is 1.49 bits per heavy atom. The first-order valence-electron chi connectivity index (χ1n) is 16.3. The predicted molar refractivity (Wildman–Crippen MR) is 158 cm³/mol. The van der Waals surface area contributed by atoms with E-state index >= 15 is 0 Å². The predicted octanol–water partition coefficient (Wildman–Crippen LogP) is 7.56. The number of Topliss-reactive ketones (excluding diaryl/α,β-unsaturated/α-hetero) is 1. The molecule has 6 nitrogen and oxygen atoms in total. The minimum Gasteiger partial charge on any atom is -0.335 e. The van der Waals surface area contributed by atoms with Crippen LogP contribution in [0, 0.1) is 5.92 Å². The van der Waals surface area contributed by atoms with Crippen molar-refractivity contribution in [1.29, 1.82) is 0 Å². The maximum atomic E-state index is 13.6. The molecule has 0 radical (unpaired) electrons. The van der Waals surface area contributed by atoms with E-state index in [1.807, 2.05) is 24.3 Å². The topological polar surface area (TPSA) is 78.9 Å². The summed E-state index contributed by atoms with van der Waals surface area (Å²) in [7, 11) is 0. The van der Waals surface area contributed by atoms with Crippen LogP contribution in [0.1, 0.15) is 122 Å². The van der Waals surface area contributed by atoms with Gasteiger partial charge in [0.1, 0.15) is 17.0 Å². The maximum Gasteiger partial charge on any atom is 0.178 e. The van der Waals surface area contributed by atoms with Crippen LogP contribution < -0.4 is 0 Å². The number of ketones is 3. The van der Waals surface area contributed by atoms with Gasteiger partial charge in [0, 0.05) is 38.0 Å². The monoisotopic (exact) mass is 564 g/mol. The molecule has 0 bridgehead atoms. The minimum absolute atomic E-state index is 0.0484.